The van der Waals surface area contributed by atoms with Crippen LogP contribution < -0.4 is 9.97 Å². The third kappa shape index (κ3) is 3.12. The first-order chi connectivity index (χ1) is 12.0. The Morgan fingerprint density at radius 3 is 2.88 bits per heavy atom. The largest absolute Gasteiger partial charge is 0.547 e. The predicted molar refractivity (Wildman–Crippen MR) is 80.1 cm³/mol. The summed E-state index contributed by atoms with van der Waals surface area (Å²) in [5.41, 5.74) is -0.0757. The molecule has 1 aromatic heterocycles. The number of aromatic nitrogens is 4. The van der Waals surface area contributed by atoms with Crippen LogP contribution in [-0.2, 0) is 11.2 Å². The zero-order chi connectivity index (χ0) is 18.0. The van der Waals surface area contributed by atoms with E-state index in [0.29, 0.717) is 5.56 Å². The minimum atomic E-state index is -1.50. The van der Waals surface area contributed by atoms with Gasteiger partial charge < -0.3 is 25.3 Å². The lowest BCUT2D eigenvalue weighted by Gasteiger charge is -2.28. The van der Waals surface area contributed by atoms with Crippen LogP contribution in [0.1, 0.15) is 21.7 Å². The molecule has 0 bridgehead atoms. The van der Waals surface area contributed by atoms with Crippen molar-refractivity contribution >= 4 is 24.7 Å². The SMILES string of the molecule is O=C(N[C@H]1Cc2cccc(C(=O)O)c2OB1O)/C(=N/O)c1nnn[nH]1. The average Bonchev–Trinajstić information content (AvgIpc) is 3.09. The van der Waals surface area contributed by atoms with E-state index >= 15 is 0 Å². The van der Waals surface area contributed by atoms with Gasteiger partial charge in [0, 0.05) is 0 Å². The quantitative estimate of drug-likeness (QED) is 0.185. The Kier molecular flexibility index (Phi) is 4.30. The number of fused-ring (bicyclic) bond motifs is 1. The van der Waals surface area contributed by atoms with Gasteiger partial charge in [0.2, 0.25) is 11.5 Å². The van der Waals surface area contributed by atoms with E-state index in [9.17, 15) is 14.6 Å². The first-order valence-corrected chi connectivity index (χ1v) is 6.98. The smallest absolute Gasteiger partial charge is 0.534 e. The fourth-order valence-electron chi connectivity index (χ4n) is 2.41. The molecular formula is C12H11BN6O6. The van der Waals surface area contributed by atoms with E-state index in [4.69, 9.17) is 15.0 Å². The van der Waals surface area contributed by atoms with Crippen molar-refractivity contribution in [3.63, 3.8) is 0 Å². The number of para-hydroxylation sites is 1. The maximum Gasteiger partial charge on any atom is 0.547 e. The third-order valence-electron chi connectivity index (χ3n) is 3.55. The molecule has 128 valence electrons. The molecule has 0 radical (unpaired) electrons. The van der Waals surface area contributed by atoms with Crippen LogP contribution in [0.5, 0.6) is 5.75 Å². The summed E-state index contributed by atoms with van der Waals surface area (Å²) in [4.78, 5) is 23.4. The molecule has 0 saturated carbocycles. The van der Waals surface area contributed by atoms with Crippen LogP contribution in [0.4, 0.5) is 0 Å². The summed E-state index contributed by atoms with van der Waals surface area (Å²) >= 11 is 0. The molecule has 5 N–H and O–H groups in total. The Morgan fingerprint density at radius 1 is 1.44 bits per heavy atom. The van der Waals surface area contributed by atoms with E-state index in [2.05, 4.69) is 31.1 Å². The van der Waals surface area contributed by atoms with Crippen LogP contribution in [0.15, 0.2) is 23.4 Å². The number of H-pyrrole nitrogens is 1. The Bertz CT molecular complexity index is 841. The molecule has 2 aromatic rings. The highest BCUT2D eigenvalue weighted by Crippen LogP contribution is 2.30. The Balaban J connectivity index is 1.80. The summed E-state index contributed by atoms with van der Waals surface area (Å²) in [6.07, 6.45) is 0.108. The summed E-state index contributed by atoms with van der Waals surface area (Å²) in [5, 5.41) is 45.7. The number of carboxylic acid groups (broad SMARTS) is 1. The molecule has 0 fully saturated rings. The van der Waals surface area contributed by atoms with E-state index in [1.165, 1.54) is 12.1 Å². The lowest BCUT2D eigenvalue weighted by atomic mass is 9.72. The monoisotopic (exact) mass is 346 g/mol. The second-order valence-electron chi connectivity index (χ2n) is 5.09. The minimum Gasteiger partial charge on any atom is -0.534 e. The zero-order valence-corrected chi connectivity index (χ0v) is 12.4. The van der Waals surface area contributed by atoms with Gasteiger partial charge in [-0.3, -0.25) is 4.79 Å². The van der Waals surface area contributed by atoms with Crippen molar-refractivity contribution in [2.75, 3.05) is 0 Å². The van der Waals surface area contributed by atoms with Crippen LogP contribution in [-0.4, -0.2) is 66.6 Å². The average molecular weight is 346 g/mol. The Hall–Kier alpha value is -3.48. The number of amides is 1. The fraction of sp³-hybridized carbons (Fsp3) is 0.167. The number of rotatable bonds is 4. The highest BCUT2D eigenvalue weighted by molar-refractivity contribution is 6.50. The van der Waals surface area contributed by atoms with Crippen molar-refractivity contribution in [1.82, 2.24) is 25.9 Å². The predicted octanol–water partition coefficient (Wildman–Crippen LogP) is -1.78. The van der Waals surface area contributed by atoms with Gasteiger partial charge in [0.05, 0.1) is 11.5 Å². The van der Waals surface area contributed by atoms with Gasteiger partial charge in [-0.1, -0.05) is 17.3 Å². The van der Waals surface area contributed by atoms with E-state index in [1.807, 2.05) is 0 Å². The number of nitrogens with zero attached hydrogens (tertiary/aromatic N) is 4. The van der Waals surface area contributed by atoms with E-state index in [1.54, 1.807) is 6.07 Å². The molecular weight excluding hydrogens is 335 g/mol. The van der Waals surface area contributed by atoms with Crippen molar-refractivity contribution in [3.05, 3.63) is 35.2 Å². The number of aromatic carboxylic acids is 1. The van der Waals surface area contributed by atoms with Gasteiger partial charge in [-0.25, -0.2) is 9.89 Å². The Morgan fingerprint density at radius 2 is 2.24 bits per heavy atom. The van der Waals surface area contributed by atoms with Gasteiger partial charge >= 0.3 is 13.1 Å². The van der Waals surface area contributed by atoms with Crippen LogP contribution in [0.3, 0.4) is 0 Å². The molecule has 12 nitrogen and oxygen atoms in total. The number of tetrazole rings is 1. The number of carbonyl (C=O) groups excluding carboxylic acids is 1. The molecule has 25 heavy (non-hydrogen) atoms. The summed E-state index contributed by atoms with van der Waals surface area (Å²) < 4.78 is 5.25. The summed E-state index contributed by atoms with van der Waals surface area (Å²) in [5.74, 6) is -3.08. The van der Waals surface area contributed by atoms with Crippen molar-refractivity contribution in [3.8, 4) is 5.75 Å². The van der Waals surface area contributed by atoms with Crippen LogP contribution in [0.25, 0.3) is 0 Å². The second-order valence-corrected chi connectivity index (χ2v) is 5.09. The van der Waals surface area contributed by atoms with Crippen molar-refractivity contribution in [1.29, 1.82) is 0 Å². The summed E-state index contributed by atoms with van der Waals surface area (Å²) in [6, 6.07) is 4.50. The van der Waals surface area contributed by atoms with Crippen molar-refractivity contribution < 1.29 is 29.6 Å². The summed E-state index contributed by atoms with van der Waals surface area (Å²) in [6.45, 7) is 0. The molecule has 0 saturated heterocycles. The first-order valence-electron chi connectivity index (χ1n) is 6.98. The number of hydrogen-bond acceptors (Lipinski definition) is 9. The Labute approximate surface area is 139 Å². The van der Waals surface area contributed by atoms with Gasteiger partial charge in [-0.05, 0) is 28.5 Å². The van der Waals surface area contributed by atoms with Gasteiger partial charge in [-0.2, -0.15) is 0 Å². The van der Waals surface area contributed by atoms with Crippen LogP contribution in [0, 0.1) is 0 Å². The lowest BCUT2D eigenvalue weighted by molar-refractivity contribution is -0.115. The molecule has 13 heteroatoms. The molecule has 1 atom stereocenters. The maximum absolute atomic E-state index is 12.2. The molecule has 0 spiro atoms. The van der Waals surface area contributed by atoms with Gasteiger partial charge in [0.15, 0.2) is 0 Å². The highest BCUT2D eigenvalue weighted by atomic mass is 16.5. The number of nitrogens with one attached hydrogen (secondary N) is 2. The molecule has 3 rings (SSSR count). The first kappa shape index (κ1) is 16.4. The number of carboxylic acids is 1. The van der Waals surface area contributed by atoms with Crippen molar-refractivity contribution in [2.24, 2.45) is 5.16 Å². The van der Waals surface area contributed by atoms with Gasteiger partial charge in [0.25, 0.3) is 5.91 Å². The van der Waals surface area contributed by atoms with Crippen LogP contribution >= 0.6 is 0 Å². The molecule has 1 aliphatic heterocycles. The summed E-state index contributed by atoms with van der Waals surface area (Å²) in [7, 11) is -1.50. The normalized spacial score (nSPS) is 16.8. The molecule has 1 aliphatic rings. The van der Waals surface area contributed by atoms with E-state index in [-0.39, 0.29) is 23.6 Å². The highest BCUT2D eigenvalue weighted by Gasteiger charge is 2.38. The minimum absolute atomic E-state index is 0.0449. The standard InChI is InChI=1S/C12H11BN6O6/c20-11(8(17-24)10-15-18-19-16-10)14-7-4-5-2-1-3-6(12(21)22)9(5)25-13(7)23/h1-3,7,23-24H,4H2,(H,14,20)(H,21,22)(H,15,16,18,19)/b17-8+/t7-/m0/s1. The molecule has 0 aliphatic carbocycles. The van der Waals surface area contributed by atoms with E-state index in [0.717, 1.165) is 0 Å². The number of aromatic amines is 1. The third-order valence-corrected chi connectivity index (χ3v) is 3.55. The molecule has 2 heterocycles. The van der Waals surface area contributed by atoms with Gasteiger partial charge in [-0.15, -0.1) is 5.10 Å². The molecule has 1 aromatic carbocycles. The van der Waals surface area contributed by atoms with Crippen molar-refractivity contribution in [2.45, 2.75) is 12.4 Å². The van der Waals surface area contributed by atoms with E-state index < -0.39 is 30.6 Å². The molecule has 0 unspecified atom stereocenters. The fourth-order valence-corrected chi connectivity index (χ4v) is 2.41. The zero-order valence-electron chi connectivity index (χ0n) is 12.4. The number of carbonyl (C=O) groups is 2. The number of hydrogen-bond donors (Lipinski definition) is 5. The van der Waals surface area contributed by atoms with Gasteiger partial charge in [0.1, 0.15) is 5.75 Å². The maximum atomic E-state index is 12.2. The topological polar surface area (TPSA) is 183 Å². The number of benzene rings is 1. The number of oxime groups is 1. The lowest BCUT2D eigenvalue weighted by Crippen LogP contribution is -2.54. The molecule has 1 amide bonds. The second kappa shape index (κ2) is 6.56. The van der Waals surface area contributed by atoms with Crippen LogP contribution in [0.2, 0.25) is 0 Å².